The molecular formula is C27H32ClN3O7. The van der Waals surface area contributed by atoms with Gasteiger partial charge < -0.3 is 26.2 Å². The molecule has 5 atom stereocenters. The molecule has 0 spiro atoms. The number of phenols is 1. The van der Waals surface area contributed by atoms with Gasteiger partial charge in [-0.25, -0.2) is 0 Å². The number of halogens is 1. The van der Waals surface area contributed by atoms with Crippen molar-refractivity contribution >= 4 is 29.1 Å². The fourth-order valence-electron chi connectivity index (χ4n) is 7.03. The highest BCUT2D eigenvalue weighted by Crippen LogP contribution is 2.53. The number of piperidine rings is 1. The lowest BCUT2D eigenvalue weighted by molar-refractivity contribution is -0.148. The summed E-state index contributed by atoms with van der Waals surface area (Å²) in [6.07, 6.45) is 3.12. The van der Waals surface area contributed by atoms with Gasteiger partial charge in [-0.05, 0) is 76.5 Å². The van der Waals surface area contributed by atoms with Crippen molar-refractivity contribution in [2.45, 2.75) is 49.8 Å². The molecule has 1 saturated heterocycles. The van der Waals surface area contributed by atoms with Crippen LogP contribution >= 0.6 is 11.6 Å². The SMILES string of the molecule is CN1CCCCC1c1cc(O)c2c(c1Cl)C[C@H]1C[C@H]3[C@H](N(C)C)C(O)=C(C(N)=O)C(=O)[C@@]3(O)C(O)=C1C2=O. The summed E-state index contributed by atoms with van der Waals surface area (Å²) in [5.74, 6) is -6.75. The molecule has 3 aliphatic carbocycles. The number of allylic oxidation sites excluding steroid dienone is 1. The molecule has 0 aromatic heterocycles. The maximum Gasteiger partial charge on any atom is 0.255 e. The van der Waals surface area contributed by atoms with Gasteiger partial charge in [0.15, 0.2) is 11.4 Å². The van der Waals surface area contributed by atoms with Crippen molar-refractivity contribution in [2.75, 3.05) is 27.7 Å². The van der Waals surface area contributed by atoms with Crippen LogP contribution in [0.25, 0.3) is 0 Å². The first-order valence-corrected chi connectivity index (χ1v) is 13.1. The normalized spacial score (nSPS) is 31.8. The lowest BCUT2D eigenvalue weighted by Crippen LogP contribution is -2.63. The van der Waals surface area contributed by atoms with Crippen LogP contribution in [0.2, 0.25) is 5.02 Å². The van der Waals surface area contributed by atoms with Gasteiger partial charge in [-0.1, -0.05) is 18.0 Å². The molecule has 1 heterocycles. The zero-order valence-electron chi connectivity index (χ0n) is 21.5. The quantitative estimate of drug-likeness (QED) is 0.357. The van der Waals surface area contributed by atoms with Crippen molar-refractivity contribution in [1.82, 2.24) is 9.80 Å². The second-order valence-corrected chi connectivity index (χ2v) is 11.5. The van der Waals surface area contributed by atoms with E-state index in [2.05, 4.69) is 4.90 Å². The molecule has 1 aromatic carbocycles. The van der Waals surface area contributed by atoms with Crippen LogP contribution in [-0.4, -0.2) is 87.0 Å². The average molecular weight is 546 g/mol. The first-order valence-electron chi connectivity index (χ1n) is 12.7. The summed E-state index contributed by atoms with van der Waals surface area (Å²) in [4.78, 5) is 42.9. The summed E-state index contributed by atoms with van der Waals surface area (Å²) in [5, 5.41) is 45.3. The maximum atomic E-state index is 13.8. The Bertz CT molecular complexity index is 1340. The number of amides is 1. The van der Waals surface area contributed by atoms with E-state index in [-0.39, 0.29) is 35.8 Å². The minimum atomic E-state index is -2.66. The summed E-state index contributed by atoms with van der Waals surface area (Å²) >= 11 is 6.90. The van der Waals surface area contributed by atoms with Crippen molar-refractivity contribution in [2.24, 2.45) is 17.6 Å². The largest absolute Gasteiger partial charge is 0.510 e. The number of hydrogen-bond donors (Lipinski definition) is 5. The Morgan fingerprint density at radius 1 is 1.21 bits per heavy atom. The molecule has 0 bridgehead atoms. The number of primary amides is 1. The Balaban J connectivity index is 1.67. The van der Waals surface area contributed by atoms with Gasteiger partial charge in [-0.2, -0.15) is 0 Å². The Kier molecular flexibility index (Phi) is 6.38. The van der Waals surface area contributed by atoms with Crippen molar-refractivity contribution < 1.29 is 34.8 Å². The van der Waals surface area contributed by atoms with E-state index in [1.54, 1.807) is 14.1 Å². The van der Waals surface area contributed by atoms with Gasteiger partial charge in [0.1, 0.15) is 22.8 Å². The number of likely N-dealkylation sites (N-methyl/N-ethyl adjacent to an activating group) is 1. The minimum absolute atomic E-state index is 0.0206. The van der Waals surface area contributed by atoms with E-state index in [4.69, 9.17) is 17.3 Å². The standard InChI is InChI=1S/C27H32ClN3O7/c1-30(2)21-14-9-11-8-13-18(16(32)10-12(20(13)28)15-6-4-5-7-31(15)3)22(33)17(11)24(35)27(14,38)25(36)19(23(21)34)26(29)37/h10-11,14-15,21,32,34-35,38H,4-9H2,1-3H3,(H2,29,37)/t11-,14-,15?,21-,27-/m0/s1. The van der Waals surface area contributed by atoms with Gasteiger partial charge in [0.25, 0.3) is 5.91 Å². The number of phenolic OH excluding ortho intramolecular Hbond substituents is 1. The van der Waals surface area contributed by atoms with Gasteiger partial charge in [-0.3, -0.25) is 24.2 Å². The Hall–Kier alpha value is -2.92. The van der Waals surface area contributed by atoms with E-state index >= 15 is 0 Å². The second kappa shape index (κ2) is 9.08. The monoisotopic (exact) mass is 545 g/mol. The maximum absolute atomic E-state index is 13.8. The lowest BCUT2D eigenvalue weighted by Gasteiger charge is -2.50. The third kappa shape index (κ3) is 3.54. The number of ketones is 2. The van der Waals surface area contributed by atoms with Gasteiger partial charge in [0.05, 0.1) is 11.6 Å². The molecule has 5 rings (SSSR count). The minimum Gasteiger partial charge on any atom is -0.510 e. The number of Topliss-reactive ketones (excluding diaryl/α,β-unsaturated/α-hetero) is 2. The highest BCUT2D eigenvalue weighted by atomic mass is 35.5. The lowest BCUT2D eigenvalue weighted by atomic mass is 9.58. The molecule has 11 heteroatoms. The fourth-order valence-corrected chi connectivity index (χ4v) is 7.38. The number of fused-ring (bicyclic) bond motifs is 3. The number of aromatic hydroxyl groups is 1. The number of likely N-dealkylation sites (tertiary alicyclic amines) is 1. The second-order valence-electron chi connectivity index (χ2n) is 11.1. The summed E-state index contributed by atoms with van der Waals surface area (Å²) in [5.41, 5.74) is 2.79. The number of carbonyl (C=O) groups excluding carboxylic acids is 3. The van der Waals surface area contributed by atoms with Gasteiger partial charge in [0, 0.05) is 22.6 Å². The predicted molar refractivity (Wildman–Crippen MR) is 138 cm³/mol. The van der Waals surface area contributed by atoms with E-state index in [9.17, 15) is 34.8 Å². The summed E-state index contributed by atoms with van der Waals surface area (Å²) in [7, 11) is 5.18. The molecule has 4 aliphatic rings. The highest BCUT2D eigenvalue weighted by molar-refractivity contribution is 6.33. The molecule has 1 amide bonds. The van der Waals surface area contributed by atoms with Crippen molar-refractivity contribution in [1.29, 1.82) is 0 Å². The van der Waals surface area contributed by atoms with Crippen molar-refractivity contribution in [3.05, 3.63) is 50.4 Å². The van der Waals surface area contributed by atoms with E-state index in [0.29, 0.717) is 10.6 Å². The molecule has 0 radical (unpaired) electrons. The van der Waals surface area contributed by atoms with E-state index in [1.807, 2.05) is 7.05 Å². The van der Waals surface area contributed by atoms with Crippen LogP contribution < -0.4 is 5.73 Å². The zero-order chi connectivity index (χ0) is 27.8. The van der Waals surface area contributed by atoms with E-state index in [1.165, 1.54) is 11.0 Å². The number of aliphatic hydroxyl groups excluding tert-OH is 2. The van der Waals surface area contributed by atoms with Crippen LogP contribution in [-0.2, 0) is 16.0 Å². The Morgan fingerprint density at radius 2 is 1.89 bits per heavy atom. The number of aliphatic hydroxyl groups is 3. The van der Waals surface area contributed by atoms with Crippen LogP contribution in [0, 0.1) is 11.8 Å². The van der Waals surface area contributed by atoms with Crippen LogP contribution in [0.4, 0.5) is 0 Å². The number of carbonyl (C=O) groups is 3. The number of rotatable bonds is 3. The first-order chi connectivity index (χ1) is 17.8. The first kappa shape index (κ1) is 26.7. The zero-order valence-corrected chi connectivity index (χ0v) is 22.2. The third-order valence-electron chi connectivity index (χ3n) is 8.81. The summed E-state index contributed by atoms with van der Waals surface area (Å²) in [6, 6.07) is 0.433. The molecule has 38 heavy (non-hydrogen) atoms. The number of benzene rings is 1. The highest BCUT2D eigenvalue weighted by Gasteiger charge is 2.63. The van der Waals surface area contributed by atoms with Gasteiger partial charge >= 0.3 is 0 Å². The van der Waals surface area contributed by atoms with Gasteiger partial charge in [-0.15, -0.1) is 0 Å². The van der Waals surface area contributed by atoms with Crippen molar-refractivity contribution in [3.8, 4) is 5.75 Å². The molecule has 0 saturated carbocycles. The van der Waals surface area contributed by atoms with Crippen LogP contribution in [0.3, 0.4) is 0 Å². The molecular weight excluding hydrogens is 514 g/mol. The average Bonchev–Trinajstić information content (AvgIpc) is 2.83. The van der Waals surface area contributed by atoms with Crippen molar-refractivity contribution in [3.63, 3.8) is 0 Å². The Labute approximate surface area is 225 Å². The number of nitrogens with zero attached hydrogens (tertiary/aromatic N) is 2. The smallest absolute Gasteiger partial charge is 0.255 e. The van der Waals surface area contributed by atoms with E-state index in [0.717, 1.165) is 31.4 Å². The van der Waals surface area contributed by atoms with E-state index < -0.39 is 58.0 Å². The van der Waals surface area contributed by atoms with Crippen LogP contribution in [0.5, 0.6) is 5.75 Å². The molecule has 204 valence electrons. The predicted octanol–water partition coefficient (Wildman–Crippen LogP) is 1.93. The third-order valence-corrected chi connectivity index (χ3v) is 9.26. The number of hydrogen-bond acceptors (Lipinski definition) is 9. The summed E-state index contributed by atoms with van der Waals surface area (Å²) in [6.45, 7) is 0.881. The molecule has 1 aromatic rings. The fraction of sp³-hybridized carbons (Fsp3) is 0.519. The number of nitrogens with two attached hydrogens (primary N) is 1. The van der Waals surface area contributed by atoms with Crippen LogP contribution in [0.15, 0.2) is 28.7 Å². The Morgan fingerprint density at radius 3 is 2.50 bits per heavy atom. The topological polar surface area (TPSA) is 165 Å². The summed E-state index contributed by atoms with van der Waals surface area (Å²) < 4.78 is 0. The molecule has 1 aliphatic heterocycles. The molecule has 6 N–H and O–H groups in total. The van der Waals surface area contributed by atoms with Crippen LogP contribution in [0.1, 0.15) is 53.2 Å². The molecule has 1 unspecified atom stereocenters. The molecule has 10 nitrogen and oxygen atoms in total. The molecule has 1 fully saturated rings. The van der Waals surface area contributed by atoms with Gasteiger partial charge in [0.2, 0.25) is 5.78 Å².